The molecular weight excluding hydrogens is 220 g/mol. The third-order valence-corrected chi connectivity index (χ3v) is 4.64. The molecule has 1 unspecified atom stereocenters. The first kappa shape index (κ1) is 10.6. The zero-order valence-corrected chi connectivity index (χ0v) is 10.1. The van der Waals surface area contributed by atoms with Crippen LogP contribution in [-0.4, -0.2) is 17.5 Å². The van der Waals surface area contributed by atoms with E-state index in [1.807, 2.05) is 4.42 Å². The first-order chi connectivity index (χ1) is 7.71. The summed E-state index contributed by atoms with van der Waals surface area (Å²) in [5.74, 6) is 0. The fourth-order valence-electron chi connectivity index (χ4n) is 3.23. The van der Waals surface area contributed by atoms with Gasteiger partial charge in [0.25, 0.3) is 0 Å². The fraction of sp³-hybridized carbons (Fsp3) is 0.538. The number of nitrogens with zero attached hydrogens (tertiary/aromatic N) is 1. The summed E-state index contributed by atoms with van der Waals surface area (Å²) in [6.07, 6.45) is 3.37. The first-order valence-electron chi connectivity index (χ1n) is 5.95. The maximum absolute atomic E-state index is 6.44. The molecule has 1 aliphatic heterocycles. The largest absolute Gasteiger partial charge is 0.323 e. The SMILES string of the molecule is NC1c2ccccc2CC12CCN(Cl)CC2. The molecule has 0 aromatic heterocycles. The Balaban J connectivity index is 1.91. The zero-order chi connectivity index (χ0) is 11.2. The van der Waals surface area contributed by atoms with E-state index < -0.39 is 0 Å². The van der Waals surface area contributed by atoms with Gasteiger partial charge in [0, 0.05) is 19.1 Å². The van der Waals surface area contributed by atoms with Gasteiger partial charge in [0.1, 0.15) is 0 Å². The van der Waals surface area contributed by atoms with Crippen molar-refractivity contribution in [2.75, 3.05) is 13.1 Å². The standard InChI is InChI=1S/C13H17ClN2/c14-16-7-5-13(6-8-16)9-10-3-1-2-4-11(10)12(13)15/h1-4,12H,5-9,15H2. The number of fused-ring (bicyclic) bond motifs is 1. The van der Waals surface area contributed by atoms with E-state index in [2.05, 4.69) is 24.3 Å². The fourth-order valence-corrected chi connectivity index (χ4v) is 3.40. The molecule has 3 heteroatoms. The number of nitrogens with two attached hydrogens (primary N) is 1. The molecule has 0 saturated carbocycles. The van der Waals surface area contributed by atoms with Crippen molar-refractivity contribution < 1.29 is 0 Å². The Morgan fingerprint density at radius 2 is 1.94 bits per heavy atom. The Hall–Kier alpha value is -0.570. The second-order valence-corrected chi connectivity index (χ2v) is 5.60. The summed E-state index contributed by atoms with van der Waals surface area (Å²) in [5.41, 5.74) is 9.51. The quantitative estimate of drug-likeness (QED) is 0.702. The average Bonchev–Trinajstić information content (AvgIpc) is 2.58. The lowest BCUT2D eigenvalue weighted by Crippen LogP contribution is -2.41. The highest BCUT2D eigenvalue weighted by Gasteiger charge is 2.45. The van der Waals surface area contributed by atoms with Gasteiger partial charge in [0.05, 0.1) is 0 Å². The van der Waals surface area contributed by atoms with E-state index in [-0.39, 0.29) is 11.5 Å². The lowest BCUT2D eigenvalue weighted by Gasteiger charge is -2.39. The molecule has 2 nitrogen and oxygen atoms in total. The van der Waals surface area contributed by atoms with Gasteiger partial charge in [-0.15, -0.1) is 0 Å². The van der Waals surface area contributed by atoms with Gasteiger partial charge in [-0.2, -0.15) is 0 Å². The number of rotatable bonds is 0. The molecular formula is C13H17ClN2. The Bertz CT molecular complexity index is 397. The summed E-state index contributed by atoms with van der Waals surface area (Å²) in [4.78, 5) is 0. The molecule has 2 N–H and O–H groups in total. The van der Waals surface area contributed by atoms with E-state index in [9.17, 15) is 0 Å². The van der Waals surface area contributed by atoms with Crippen molar-refractivity contribution in [2.24, 2.45) is 11.1 Å². The van der Waals surface area contributed by atoms with E-state index >= 15 is 0 Å². The summed E-state index contributed by atoms with van der Waals surface area (Å²) in [6.45, 7) is 1.92. The maximum atomic E-state index is 6.44. The number of hydrogen-bond acceptors (Lipinski definition) is 2. The van der Waals surface area contributed by atoms with E-state index in [0.717, 1.165) is 32.4 Å². The molecule has 1 aromatic rings. The molecule has 1 saturated heterocycles. The number of hydrogen-bond donors (Lipinski definition) is 1. The van der Waals surface area contributed by atoms with Gasteiger partial charge in [0.2, 0.25) is 0 Å². The van der Waals surface area contributed by atoms with Crippen LogP contribution in [0.1, 0.15) is 30.0 Å². The van der Waals surface area contributed by atoms with Gasteiger partial charge in [-0.05, 0) is 47.6 Å². The highest BCUT2D eigenvalue weighted by molar-refractivity contribution is 6.13. The smallest absolute Gasteiger partial charge is 0.0359 e. The van der Waals surface area contributed by atoms with Crippen LogP contribution in [0, 0.1) is 5.41 Å². The summed E-state index contributed by atoms with van der Waals surface area (Å²) in [5, 5.41) is 0. The van der Waals surface area contributed by atoms with Crippen LogP contribution in [0.5, 0.6) is 0 Å². The molecule has 2 aliphatic rings. The van der Waals surface area contributed by atoms with Crippen molar-refractivity contribution in [3.8, 4) is 0 Å². The van der Waals surface area contributed by atoms with Crippen LogP contribution >= 0.6 is 11.8 Å². The van der Waals surface area contributed by atoms with Crippen LogP contribution in [0.15, 0.2) is 24.3 Å². The van der Waals surface area contributed by atoms with Gasteiger partial charge in [-0.25, -0.2) is 4.42 Å². The highest BCUT2D eigenvalue weighted by atomic mass is 35.5. The molecule has 0 amide bonds. The maximum Gasteiger partial charge on any atom is 0.0359 e. The zero-order valence-electron chi connectivity index (χ0n) is 9.32. The lowest BCUT2D eigenvalue weighted by atomic mass is 9.73. The first-order valence-corrected chi connectivity index (χ1v) is 6.29. The van der Waals surface area contributed by atoms with Crippen molar-refractivity contribution in [1.82, 2.24) is 4.42 Å². The lowest BCUT2D eigenvalue weighted by molar-refractivity contribution is 0.135. The number of benzene rings is 1. The Labute approximate surface area is 101 Å². The normalized spacial score (nSPS) is 28.2. The van der Waals surface area contributed by atoms with E-state index in [1.54, 1.807) is 0 Å². The van der Waals surface area contributed by atoms with Crippen LogP contribution in [0.25, 0.3) is 0 Å². The third kappa shape index (κ3) is 1.48. The van der Waals surface area contributed by atoms with Gasteiger partial charge in [-0.3, -0.25) is 0 Å². The molecule has 1 atom stereocenters. The molecule has 1 aromatic carbocycles. The minimum absolute atomic E-state index is 0.203. The predicted octanol–water partition coefficient (Wildman–Crippen LogP) is 2.48. The average molecular weight is 237 g/mol. The Kier molecular flexibility index (Phi) is 2.46. The number of piperidine rings is 1. The summed E-state index contributed by atoms with van der Waals surface area (Å²) >= 11 is 6.03. The Morgan fingerprint density at radius 1 is 1.25 bits per heavy atom. The third-order valence-electron chi connectivity index (χ3n) is 4.30. The molecule has 16 heavy (non-hydrogen) atoms. The Morgan fingerprint density at radius 3 is 2.62 bits per heavy atom. The minimum atomic E-state index is 0.203. The molecule has 1 heterocycles. The summed E-state index contributed by atoms with van der Waals surface area (Å²) in [7, 11) is 0. The van der Waals surface area contributed by atoms with Crippen LogP contribution in [-0.2, 0) is 6.42 Å². The summed E-state index contributed by atoms with van der Waals surface area (Å²) in [6, 6.07) is 8.81. The number of halogens is 1. The van der Waals surface area contributed by atoms with Gasteiger partial charge >= 0.3 is 0 Å². The van der Waals surface area contributed by atoms with Crippen molar-refractivity contribution in [2.45, 2.75) is 25.3 Å². The van der Waals surface area contributed by atoms with Gasteiger partial charge in [-0.1, -0.05) is 24.3 Å². The molecule has 0 radical (unpaired) electrons. The van der Waals surface area contributed by atoms with Crippen LogP contribution in [0.4, 0.5) is 0 Å². The molecule has 1 fully saturated rings. The molecule has 1 aliphatic carbocycles. The topological polar surface area (TPSA) is 29.3 Å². The van der Waals surface area contributed by atoms with Crippen molar-refractivity contribution in [3.05, 3.63) is 35.4 Å². The molecule has 0 bridgehead atoms. The van der Waals surface area contributed by atoms with Crippen molar-refractivity contribution in [1.29, 1.82) is 0 Å². The molecule has 1 spiro atoms. The van der Waals surface area contributed by atoms with Crippen LogP contribution in [0.3, 0.4) is 0 Å². The monoisotopic (exact) mass is 236 g/mol. The van der Waals surface area contributed by atoms with E-state index in [0.29, 0.717) is 0 Å². The van der Waals surface area contributed by atoms with Crippen molar-refractivity contribution in [3.63, 3.8) is 0 Å². The second-order valence-electron chi connectivity index (χ2n) is 5.13. The highest BCUT2D eigenvalue weighted by Crippen LogP contribution is 2.50. The van der Waals surface area contributed by atoms with E-state index in [4.69, 9.17) is 17.5 Å². The predicted molar refractivity (Wildman–Crippen MR) is 66.2 cm³/mol. The van der Waals surface area contributed by atoms with Crippen LogP contribution in [0.2, 0.25) is 0 Å². The summed E-state index contributed by atoms with van der Waals surface area (Å²) < 4.78 is 1.89. The van der Waals surface area contributed by atoms with Crippen LogP contribution < -0.4 is 5.73 Å². The molecule has 86 valence electrons. The van der Waals surface area contributed by atoms with Gasteiger partial charge in [0.15, 0.2) is 0 Å². The molecule has 3 rings (SSSR count). The van der Waals surface area contributed by atoms with Gasteiger partial charge < -0.3 is 5.73 Å². The second kappa shape index (κ2) is 3.73. The van der Waals surface area contributed by atoms with E-state index in [1.165, 1.54) is 11.1 Å². The van der Waals surface area contributed by atoms with Crippen molar-refractivity contribution >= 4 is 11.8 Å². The minimum Gasteiger partial charge on any atom is -0.323 e.